The molecule has 0 radical (unpaired) electrons. The van der Waals surface area contributed by atoms with Crippen LogP contribution in [0.3, 0.4) is 0 Å². The fourth-order valence-corrected chi connectivity index (χ4v) is 2.40. The molecule has 2 rings (SSSR count). The van der Waals surface area contributed by atoms with Crippen LogP contribution in [0, 0.1) is 0 Å². The van der Waals surface area contributed by atoms with Gasteiger partial charge in [-0.2, -0.15) is 0 Å². The average molecular weight is 357 g/mol. The number of methoxy groups -OCH3 is 2. The van der Waals surface area contributed by atoms with E-state index in [0.29, 0.717) is 11.6 Å². The summed E-state index contributed by atoms with van der Waals surface area (Å²) in [5.74, 6) is 1.54. The lowest BCUT2D eigenvalue weighted by molar-refractivity contribution is 0.404. The van der Waals surface area contributed by atoms with Crippen molar-refractivity contribution in [3.8, 4) is 11.5 Å². The summed E-state index contributed by atoms with van der Waals surface area (Å²) in [6, 6.07) is 11.3. The summed E-state index contributed by atoms with van der Waals surface area (Å²) in [4.78, 5) is 0. The molecule has 0 aliphatic rings. The van der Waals surface area contributed by atoms with E-state index in [2.05, 4.69) is 21.2 Å². The molecule has 0 saturated carbocycles. The van der Waals surface area contributed by atoms with Gasteiger partial charge in [-0.3, -0.25) is 0 Å². The Balaban J connectivity index is 2.19. The molecule has 0 aliphatic heterocycles. The molecule has 0 aromatic heterocycles. The minimum atomic E-state index is 0.630. The van der Waals surface area contributed by atoms with Crippen LogP contribution in [0.15, 0.2) is 40.9 Å². The molecular weight excluding hydrogens is 342 g/mol. The zero-order valence-corrected chi connectivity index (χ0v) is 13.6. The number of hydrogen-bond donors (Lipinski definition) is 1. The summed E-state index contributed by atoms with van der Waals surface area (Å²) >= 11 is 9.52. The van der Waals surface area contributed by atoms with Crippen molar-refractivity contribution in [2.24, 2.45) is 0 Å². The van der Waals surface area contributed by atoms with E-state index in [1.165, 1.54) is 0 Å². The Morgan fingerprint density at radius 2 is 1.90 bits per heavy atom. The first-order chi connectivity index (χ1) is 9.63. The third kappa shape index (κ3) is 3.58. The first-order valence-corrected chi connectivity index (χ1v) is 7.21. The Hall–Kier alpha value is -1.39. The SMILES string of the molecule is COc1ccc(OC)c(NCc2cc(Cl)ccc2Br)c1. The van der Waals surface area contributed by atoms with E-state index in [1.807, 2.05) is 36.4 Å². The molecule has 0 unspecified atom stereocenters. The smallest absolute Gasteiger partial charge is 0.142 e. The maximum atomic E-state index is 6.01. The zero-order chi connectivity index (χ0) is 14.5. The van der Waals surface area contributed by atoms with E-state index < -0.39 is 0 Å². The quantitative estimate of drug-likeness (QED) is 0.840. The van der Waals surface area contributed by atoms with E-state index in [0.717, 1.165) is 27.2 Å². The van der Waals surface area contributed by atoms with Crippen LogP contribution >= 0.6 is 27.5 Å². The first-order valence-electron chi connectivity index (χ1n) is 6.04. The van der Waals surface area contributed by atoms with Crippen molar-refractivity contribution in [1.29, 1.82) is 0 Å². The van der Waals surface area contributed by atoms with Crippen LogP contribution in [-0.4, -0.2) is 14.2 Å². The van der Waals surface area contributed by atoms with Gasteiger partial charge in [0.2, 0.25) is 0 Å². The molecule has 5 heteroatoms. The second-order valence-corrected chi connectivity index (χ2v) is 5.45. The summed E-state index contributed by atoms with van der Waals surface area (Å²) in [6.07, 6.45) is 0. The van der Waals surface area contributed by atoms with Gasteiger partial charge in [0.1, 0.15) is 11.5 Å². The number of rotatable bonds is 5. The molecule has 0 heterocycles. The molecule has 0 atom stereocenters. The van der Waals surface area contributed by atoms with Gasteiger partial charge >= 0.3 is 0 Å². The molecule has 0 amide bonds. The fraction of sp³-hybridized carbons (Fsp3) is 0.200. The second kappa shape index (κ2) is 6.86. The number of benzene rings is 2. The monoisotopic (exact) mass is 355 g/mol. The van der Waals surface area contributed by atoms with Gasteiger partial charge in [0, 0.05) is 22.1 Å². The van der Waals surface area contributed by atoms with Crippen molar-refractivity contribution in [1.82, 2.24) is 0 Å². The third-order valence-electron chi connectivity index (χ3n) is 2.88. The number of nitrogens with one attached hydrogen (secondary N) is 1. The summed E-state index contributed by atoms with van der Waals surface area (Å²) in [5, 5.41) is 4.04. The molecule has 2 aromatic rings. The number of anilines is 1. The lowest BCUT2D eigenvalue weighted by atomic mass is 10.2. The van der Waals surface area contributed by atoms with Crippen molar-refractivity contribution in [3.05, 3.63) is 51.5 Å². The number of hydrogen-bond acceptors (Lipinski definition) is 3. The molecule has 0 saturated heterocycles. The lowest BCUT2D eigenvalue weighted by Gasteiger charge is -2.13. The number of halogens is 2. The van der Waals surface area contributed by atoms with Gasteiger partial charge in [-0.15, -0.1) is 0 Å². The van der Waals surface area contributed by atoms with Gasteiger partial charge in [-0.05, 0) is 35.9 Å². The van der Waals surface area contributed by atoms with Crippen molar-refractivity contribution in [2.75, 3.05) is 19.5 Å². The predicted octanol–water partition coefficient (Wildman–Crippen LogP) is 4.73. The standard InChI is InChI=1S/C15H15BrClNO2/c1-19-12-4-6-15(20-2)14(8-12)18-9-10-7-11(17)3-5-13(10)16/h3-8,18H,9H2,1-2H3. The van der Waals surface area contributed by atoms with E-state index in [-0.39, 0.29) is 0 Å². The molecule has 3 nitrogen and oxygen atoms in total. The minimum absolute atomic E-state index is 0.630. The van der Waals surface area contributed by atoms with Crippen LogP contribution in [0.25, 0.3) is 0 Å². The molecule has 0 bridgehead atoms. The Morgan fingerprint density at radius 3 is 2.60 bits per heavy atom. The zero-order valence-electron chi connectivity index (χ0n) is 11.2. The van der Waals surface area contributed by atoms with Crippen LogP contribution in [0.5, 0.6) is 11.5 Å². The highest BCUT2D eigenvalue weighted by molar-refractivity contribution is 9.10. The van der Waals surface area contributed by atoms with E-state index >= 15 is 0 Å². The molecule has 0 spiro atoms. The average Bonchev–Trinajstić information content (AvgIpc) is 2.47. The van der Waals surface area contributed by atoms with Crippen molar-refractivity contribution in [2.45, 2.75) is 6.54 Å². The Bertz CT molecular complexity index is 604. The highest BCUT2D eigenvalue weighted by Crippen LogP contribution is 2.30. The van der Waals surface area contributed by atoms with E-state index in [1.54, 1.807) is 14.2 Å². The summed E-state index contributed by atoms with van der Waals surface area (Å²) in [7, 11) is 3.28. The topological polar surface area (TPSA) is 30.5 Å². The van der Waals surface area contributed by atoms with Crippen molar-refractivity contribution in [3.63, 3.8) is 0 Å². The maximum Gasteiger partial charge on any atom is 0.142 e. The van der Waals surface area contributed by atoms with Gasteiger partial charge < -0.3 is 14.8 Å². The number of ether oxygens (including phenoxy) is 2. The normalized spacial score (nSPS) is 10.2. The Kier molecular flexibility index (Phi) is 5.15. The Morgan fingerprint density at radius 1 is 1.10 bits per heavy atom. The highest BCUT2D eigenvalue weighted by Gasteiger charge is 2.06. The highest BCUT2D eigenvalue weighted by atomic mass is 79.9. The van der Waals surface area contributed by atoms with Gasteiger partial charge in [0.05, 0.1) is 19.9 Å². The van der Waals surface area contributed by atoms with Crippen molar-refractivity contribution < 1.29 is 9.47 Å². The first kappa shape index (κ1) is 15.0. The van der Waals surface area contributed by atoms with E-state index in [4.69, 9.17) is 21.1 Å². The third-order valence-corrected chi connectivity index (χ3v) is 3.89. The largest absolute Gasteiger partial charge is 0.497 e. The van der Waals surface area contributed by atoms with Crippen LogP contribution in [0.1, 0.15) is 5.56 Å². The van der Waals surface area contributed by atoms with Crippen molar-refractivity contribution >= 4 is 33.2 Å². The molecule has 20 heavy (non-hydrogen) atoms. The van der Waals surface area contributed by atoms with Gasteiger partial charge in [-0.1, -0.05) is 27.5 Å². The Labute approximate surface area is 132 Å². The predicted molar refractivity (Wildman–Crippen MR) is 86.0 cm³/mol. The van der Waals surface area contributed by atoms with Gasteiger partial charge in [0.15, 0.2) is 0 Å². The molecule has 2 aromatic carbocycles. The van der Waals surface area contributed by atoms with Crippen LogP contribution in [0.4, 0.5) is 5.69 Å². The molecule has 0 aliphatic carbocycles. The minimum Gasteiger partial charge on any atom is -0.497 e. The van der Waals surface area contributed by atoms with Crippen LogP contribution in [-0.2, 0) is 6.54 Å². The molecule has 1 N–H and O–H groups in total. The maximum absolute atomic E-state index is 6.01. The van der Waals surface area contributed by atoms with Gasteiger partial charge in [-0.25, -0.2) is 0 Å². The second-order valence-electron chi connectivity index (χ2n) is 4.16. The van der Waals surface area contributed by atoms with E-state index in [9.17, 15) is 0 Å². The lowest BCUT2D eigenvalue weighted by Crippen LogP contribution is -2.02. The van der Waals surface area contributed by atoms with Crippen LogP contribution < -0.4 is 14.8 Å². The summed E-state index contributed by atoms with van der Waals surface area (Å²) in [5.41, 5.74) is 1.95. The summed E-state index contributed by atoms with van der Waals surface area (Å²) < 4.78 is 11.6. The fourth-order valence-electron chi connectivity index (χ4n) is 1.82. The molecular formula is C15H15BrClNO2. The molecule has 0 fully saturated rings. The van der Waals surface area contributed by atoms with Crippen LogP contribution in [0.2, 0.25) is 5.02 Å². The van der Waals surface area contributed by atoms with Gasteiger partial charge in [0.25, 0.3) is 0 Å². The summed E-state index contributed by atoms with van der Waals surface area (Å²) in [6.45, 7) is 0.630. The molecule has 106 valence electrons.